The van der Waals surface area contributed by atoms with Gasteiger partial charge in [-0.1, -0.05) is 12.1 Å². The number of hydrogen-bond acceptors (Lipinski definition) is 5. The van der Waals surface area contributed by atoms with E-state index in [2.05, 4.69) is 41.2 Å². The Hall–Kier alpha value is -2.11. The first-order chi connectivity index (χ1) is 12.2. The summed E-state index contributed by atoms with van der Waals surface area (Å²) in [6.07, 6.45) is 3.58. The predicted molar refractivity (Wildman–Crippen MR) is 98.9 cm³/mol. The van der Waals surface area contributed by atoms with Crippen LogP contribution in [0.3, 0.4) is 0 Å². The largest absolute Gasteiger partial charge is 0.493 e. The summed E-state index contributed by atoms with van der Waals surface area (Å²) in [6.45, 7) is 7.98. The van der Waals surface area contributed by atoms with Crippen LogP contribution in [0.15, 0.2) is 42.7 Å². The van der Waals surface area contributed by atoms with Crippen molar-refractivity contribution in [3.8, 4) is 11.5 Å². The number of benzene rings is 1. The molecule has 1 saturated heterocycles. The second-order valence-electron chi connectivity index (χ2n) is 6.72. The highest BCUT2D eigenvalue weighted by Crippen LogP contribution is 2.29. The van der Waals surface area contributed by atoms with Gasteiger partial charge in [0.2, 0.25) is 0 Å². The first kappa shape index (κ1) is 17.7. The topological polar surface area (TPSA) is 46.6 Å². The minimum Gasteiger partial charge on any atom is -0.493 e. The number of methoxy groups -OCH3 is 1. The molecule has 5 nitrogen and oxygen atoms in total. The Labute approximate surface area is 150 Å². The molecule has 1 aromatic heterocycles. The highest BCUT2D eigenvalue weighted by molar-refractivity contribution is 5.43. The first-order valence-corrected chi connectivity index (χ1v) is 8.81. The van der Waals surface area contributed by atoms with Crippen molar-refractivity contribution in [2.75, 3.05) is 20.2 Å². The SMILES string of the molecule is COc1ccc(CN2CC(C)NCC2C)cc1OCc1cccnc1. The fraction of sp³-hybridized carbons (Fsp3) is 0.450. The maximum atomic E-state index is 6.00. The maximum absolute atomic E-state index is 6.00. The fourth-order valence-corrected chi connectivity index (χ4v) is 3.13. The van der Waals surface area contributed by atoms with Crippen molar-refractivity contribution in [2.45, 2.75) is 39.1 Å². The van der Waals surface area contributed by atoms with E-state index in [1.807, 2.05) is 24.4 Å². The van der Waals surface area contributed by atoms with E-state index in [9.17, 15) is 0 Å². The van der Waals surface area contributed by atoms with Gasteiger partial charge >= 0.3 is 0 Å². The van der Waals surface area contributed by atoms with E-state index in [1.165, 1.54) is 5.56 Å². The van der Waals surface area contributed by atoms with Crippen LogP contribution in [0.1, 0.15) is 25.0 Å². The molecule has 1 aromatic carbocycles. The maximum Gasteiger partial charge on any atom is 0.161 e. The van der Waals surface area contributed by atoms with Gasteiger partial charge in [0.25, 0.3) is 0 Å². The van der Waals surface area contributed by atoms with E-state index in [-0.39, 0.29) is 0 Å². The zero-order valence-electron chi connectivity index (χ0n) is 15.2. The third-order valence-electron chi connectivity index (χ3n) is 4.62. The van der Waals surface area contributed by atoms with Crippen molar-refractivity contribution in [1.29, 1.82) is 0 Å². The number of pyridine rings is 1. The van der Waals surface area contributed by atoms with Crippen molar-refractivity contribution in [3.05, 3.63) is 53.9 Å². The van der Waals surface area contributed by atoms with Crippen molar-refractivity contribution in [2.24, 2.45) is 0 Å². The zero-order chi connectivity index (χ0) is 17.6. The molecule has 1 aliphatic heterocycles. The van der Waals surface area contributed by atoms with Gasteiger partial charge in [0.1, 0.15) is 6.61 Å². The summed E-state index contributed by atoms with van der Waals surface area (Å²) in [4.78, 5) is 6.63. The van der Waals surface area contributed by atoms with Gasteiger partial charge in [0.05, 0.1) is 7.11 Å². The van der Waals surface area contributed by atoms with Crippen LogP contribution in [-0.2, 0) is 13.2 Å². The van der Waals surface area contributed by atoms with Crippen LogP contribution in [0.5, 0.6) is 11.5 Å². The van der Waals surface area contributed by atoms with Gasteiger partial charge in [-0.25, -0.2) is 0 Å². The molecule has 1 fully saturated rings. The number of nitrogens with one attached hydrogen (secondary N) is 1. The molecule has 2 aromatic rings. The van der Waals surface area contributed by atoms with E-state index in [0.29, 0.717) is 18.7 Å². The van der Waals surface area contributed by atoms with Crippen molar-refractivity contribution in [1.82, 2.24) is 15.2 Å². The number of ether oxygens (including phenoxy) is 2. The molecule has 1 N–H and O–H groups in total. The third-order valence-corrected chi connectivity index (χ3v) is 4.62. The lowest BCUT2D eigenvalue weighted by atomic mass is 10.1. The number of nitrogens with zero attached hydrogens (tertiary/aromatic N) is 2. The summed E-state index contributed by atoms with van der Waals surface area (Å²) < 4.78 is 11.4. The molecule has 0 radical (unpaired) electrons. The van der Waals surface area contributed by atoms with Crippen molar-refractivity contribution in [3.63, 3.8) is 0 Å². The Balaban J connectivity index is 1.70. The molecule has 0 aliphatic carbocycles. The van der Waals surface area contributed by atoms with Crippen LogP contribution in [0.4, 0.5) is 0 Å². The molecule has 2 unspecified atom stereocenters. The summed E-state index contributed by atoms with van der Waals surface area (Å²) in [7, 11) is 1.67. The first-order valence-electron chi connectivity index (χ1n) is 8.81. The molecular weight excluding hydrogens is 314 g/mol. The van der Waals surface area contributed by atoms with E-state index in [1.54, 1.807) is 13.3 Å². The van der Waals surface area contributed by atoms with Gasteiger partial charge < -0.3 is 14.8 Å². The Morgan fingerprint density at radius 2 is 2.08 bits per heavy atom. The lowest BCUT2D eigenvalue weighted by Crippen LogP contribution is -2.53. The fourth-order valence-electron chi connectivity index (χ4n) is 3.13. The second-order valence-corrected chi connectivity index (χ2v) is 6.72. The molecule has 134 valence electrons. The van der Waals surface area contributed by atoms with Gasteiger partial charge in [0.15, 0.2) is 11.5 Å². The average Bonchev–Trinajstić information content (AvgIpc) is 2.64. The van der Waals surface area contributed by atoms with E-state index >= 15 is 0 Å². The average molecular weight is 341 g/mol. The lowest BCUT2D eigenvalue weighted by molar-refractivity contribution is 0.138. The molecule has 5 heteroatoms. The van der Waals surface area contributed by atoms with Crippen LogP contribution >= 0.6 is 0 Å². The highest BCUT2D eigenvalue weighted by Gasteiger charge is 2.22. The molecule has 2 heterocycles. The van der Waals surface area contributed by atoms with E-state index in [4.69, 9.17) is 9.47 Å². The van der Waals surface area contributed by atoms with Gasteiger partial charge in [0, 0.05) is 49.7 Å². The van der Waals surface area contributed by atoms with Gasteiger partial charge in [-0.15, -0.1) is 0 Å². The molecule has 3 rings (SSSR count). The molecule has 0 spiro atoms. The van der Waals surface area contributed by atoms with Gasteiger partial charge in [-0.2, -0.15) is 0 Å². The molecule has 2 atom stereocenters. The quantitative estimate of drug-likeness (QED) is 0.875. The molecule has 0 saturated carbocycles. The van der Waals surface area contributed by atoms with E-state index < -0.39 is 0 Å². The normalized spacial score (nSPS) is 21.1. The Kier molecular flexibility index (Phi) is 5.89. The van der Waals surface area contributed by atoms with Crippen LogP contribution in [-0.4, -0.2) is 42.2 Å². The van der Waals surface area contributed by atoms with Crippen LogP contribution in [0, 0.1) is 0 Å². The number of piperazine rings is 1. The second kappa shape index (κ2) is 8.32. The van der Waals surface area contributed by atoms with E-state index in [0.717, 1.165) is 36.7 Å². The Morgan fingerprint density at radius 1 is 1.20 bits per heavy atom. The minimum absolute atomic E-state index is 0.481. The zero-order valence-corrected chi connectivity index (χ0v) is 15.2. The molecule has 0 bridgehead atoms. The highest BCUT2D eigenvalue weighted by atomic mass is 16.5. The number of aromatic nitrogens is 1. The predicted octanol–water partition coefficient (Wildman–Crippen LogP) is 2.85. The Morgan fingerprint density at radius 3 is 2.84 bits per heavy atom. The molecule has 1 aliphatic rings. The standard InChI is InChI=1S/C20H27N3O2/c1-15-12-23(16(2)10-22-15)13-17-6-7-19(24-3)20(9-17)25-14-18-5-4-8-21-11-18/h4-9,11,15-16,22H,10,12-14H2,1-3H3. The monoisotopic (exact) mass is 341 g/mol. The molecule has 0 amide bonds. The minimum atomic E-state index is 0.481. The Bertz CT molecular complexity index is 678. The van der Waals surface area contributed by atoms with Gasteiger partial charge in [-0.3, -0.25) is 9.88 Å². The molecule has 25 heavy (non-hydrogen) atoms. The van der Waals surface area contributed by atoms with Crippen LogP contribution in [0.25, 0.3) is 0 Å². The summed E-state index contributed by atoms with van der Waals surface area (Å²) in [5, 5.41) is 3.52. The summed E-state index contributed by atoms with van der Waals surface area (Å²) in [6, 6.07) is 11.2. The third kappa shape index (κ3) is 4.71. The van der Waals surface area contributed by atoms with Gasteiger partial charge in [-0.05, 0) is 37.6 Å². The summed E-state index contributed by atoms with van der Waals surface area (Å²) in [5.74, 6) is 1.54. The number of rotatable bonds is 6. The summed E-state index contributed by atoms with van der Waals surface area (Å²) >= 11 is 0. The van der Waals surface area contributed by atoms with Crippen molar-refractivity contribution >= 4 is 0 Å². The van der Waals surface area contributed by atoms with Crippen LogP contribution < -0.4 is 14.8 Å². The summed E-state index contributed by atoms with van der Waals surface area (Å²) in [5.41, 5.74) is 2.28. The molecular formula is C20H27N3O2. The van der Waals surface area contributed by atoms with Crippen molar-refractivity contribution < 1.29 is 9.47 Å². The smallest absolute Gasteiger partial charge is 0.161 e. The van der Waals surface area contributed by atoms with Crippen LogP contribution in [0.2, 0.25) is 0 Å². The number of hydrogen-bond donors (Lipinski definition) is 1. The lowest BCUT2D eigenvalue weighted by Gasteiger charge is -2.37.